The second kappa shape index (κ2) is 13.5. The molecule has 1 aliphatic heterocycles. The number of alkyl halides is 6. The van der Waals surface area contributed by atoms with E-state index in [0.29, 0.717) is 0 Å². The average molecular weight is 551 g/mol. The number of fused-ring (bicyclic) bond motifs is 1. The highest BCUT2D eigenvalue weighted by atomic mass is 19.4. The van der Waals surface area contributed by atoms with Crippen molar-refractivity contribution < 1.29 is 50.6 Å². The van der Waals surface area contributed by atoms with Crippen LogP contribution < -0.4 is 4.90 Å². The van der Waals surface area contributed by atoms with Crippen LogP contribution in [0.25, 0.3) is 0 Å². The van der Waals surface area contributed by atoms with Gasteiger partial charge in [-0.15, -0.1) is 0 Å². The second-order valence-corrected chi connectivity index (χ2v) is 7.64. The Morgan fingerprint density at radius 3 is 2.11 bits per heavy atom. The molecule has 0 amide bonds. The van der Waals surface area contributed by atoms with E-state index in [1.807, 2.05) is 47.5 Å². The van der Waals surface area contributed by atoms with Gasteiger partial charge in [0.1, 0.15) is 11.6 Å². The highest BCUT2D eigenvalue weighted by molar-refractivity contribution is 5.73. The molecule has 0 aliphatic carbocycles. The van der Waals surface area contributed by atoms with Crippen molar-refractivity contribution in [2.24, 2.45) is 0 Å². The fraction of sp³-hybridized carbons (Fsp3) is 0.364. The lowest BCUT2D eigenvalue weighted by atomic mass is 10.2. The van der Waals surface area contributed by atoms with Gasteiger partial charge < -0.3 is 19.5 Å². The molecule has 4 rings (SSSR count). The van der Waals surface area contributed by atoms with E-state index in [2.05, 4.69) is 25.9 Å². The SMILES string of the molecule is O=C(O)C(F)(F)F.O=C(O)C(F)(F)F.c1coc(CN2CCN(CCn3cccn3)c3ncccc3C2)c1. The number of halogens is 6. The molecule has 10 nitrogen and oxygen atoms in total. The minimum absolute atomic E-state index is 0.828. The molecule has 0 bridgehead atoms. The minimum Gasteiger partial charge on any atom is -0.475 e. The van der Waals surface area contributed by atoms with Crippen LogP contribution in [0.2, 0.25) is 0 Å². The van der Waals surface area contributed by atoms with Crippen molar-refractivity contribution in [3.05, 3.63) is 66.5 Å². The van der Waals surface area contributed by atoms with E-state index >= 15 is 0 Å². The van der Waals surface area contributed by atoms with E-state index < -0.39 is 24.3 Å². The standard InChI is InChI=1S/C18H21N5O.2C2HF3O2/c1-4-16-14-21(15-17-5-2-13-24-17)9-10-22(18(16)19-6-1)11-12-23-8-3-7-20-23;2*3-2(4,5)1(6)7/h1-8,13H,9-12,14-15H2;2*(H,6,7). The van der Waals surface area contributed by atoms with E-state index in [1.54, 1.807) is 6.26 Å². The van der Waals surface area contributed by atoms with Gasteiger partial charge in [0.2, 0.25) is 0 Å². The highest BCUT2D eigenvalue weighted by Crippen LogP contribution is 2.23. The molecule has 4 heterocycles. The quantitative estimate of drug-likeness (QED) is 0.457. The summed E-state index contributed by atoms with van der Waals surface area (Å²) < 4.78 is 70.9. The first-order valence-electron chi connectivity index (χ1n) is 10.8. The van der Waals surface area contributed by atoms with Crippen molar-refractivity contribution >= 4 is 17.8 Å². The van der Waals surface area contributed by atoms with E-state index in [0.717, 1.165) is 50.8 Å². The van der Waals surface area contributed by atoms with E-state index in [9.17, 15) is 26.3 Å². The van der Waals surface area contributed by atoms with Gasteiger partial charge in [0, 0.05) is 50.3 Å². The van der Waals surface area contributed by atoms with Gasteiger partial charge in [-0.3, -0.25) is 9.58 Å². The maximum absolute atomic E-state index is 10.6. The Labute approximate surface area is 211 Å². The molecule has 208 valence electrons. The smallest absolute Gasteiger partial charge is 0.475 e. The van der Waals surface area contributed by atoms with Crippen molar-refractivity contribution in [2.75, 3.05) is 24.5 Å². The maximum atomic E-state index is 10.6. The normalized spacial score (nSPS) is 13.8. The van der Waals surface area contributed by atoms with Crippen LogP contribution in [0.4, 0.5) is 32.2 Å². The summed E-state index contributed by atoms with van der Waals surface area (Å²) in [7, 11) is 0. The van der Waals surface area contributed by atoms with Gasteiger partial charge in [0.05, 0.1) is 19.4 Å². The Bertz CT molecular complexity index is 1110. The third kappa shape index (κ3) is 10.1. The fourth-order valence-corrected chi connectivity index (χ4v) is 3.16. The molecule has 0 saturated carbocycles. The molecule has 0 spiro atoms. The third-order valence-corrected chi connectivity index (χ3v) is 4.85. The summed E-state index contributed by atoms with van der Waals surface area (Å²) in [6.07, 6.45) is -2.74. The summed E-state index contributed by atoms with van der Waals surface area (Å²) in [6.45, 7) is 5.42. The van der Waals surface area contributed by atoms with Crippen molar-refractivity contribution in [1.29, 1.82) is 0 Å². The van der Waals surface area contributed by atoms with Gasteiger partial charge >= 0.3 is 24.3 Å². The Morgan fingerprint density at radius 2 is 1.58 bits per heavy atom. The number of hydrogen-bond donors (Lipinski definition) is 2. The Kier molecular flexibility index (Phi) is 10.7. The van der Waals surface area contributed by atoms with Gasteiger partial charge in [-0.25, -0.2) is 14.6 Å². The zero-order valence-electron chi connectivity index (χ0n) is 19.6. The van der Waals surface area contributed by atoms with Crippen LogP contribution >= 0.6 is 0 Å². The molecule has 0 radical (unpaired) electrons. The zero-order valence-corrected chi connectivity index (χ0v) is 19.6. The Hall–Kier alpha value is -4.08. The number of carboxylic acid groups (broad SMARTS) is 2. The van der Waals surface area contributed by atoms with Crippen LogP contribution in [0, 0.1) is 0 Å². The second-order valence-electron chi connectivity index (χ2n) is 7.64. The molecule has 3 aromatic heterocycles. The molecule has 38 heavy (non-hydrogen) atoms. The number of aromatic nitrogens is 3. The largest absolute Gasteiger partial charge is 0.490 e. The predicted octanol–water partition coefficient (Wildman–Crippen LogP) is 3.66. The lowest BCUT2D eigenvalue weighted by molar-refractivity contribution is -0.193. The van der Waals surface area contributed by atoms with Crippen LogP contribution in [0.3, 0.4) is 0 Å². The monoisotopic (exact) mass is 551 g/mol. The lowest BCUT2D eigenvalue weighted by Crippen LogP contribution is -2.33. The molecule has 0 aromatic carbocycles. The molecule has 16 heteroatoms. The summed E-state index contributed by atoms with van der Waals surface area (Å²) in [5.74, 6) is -3.42. The number of furan rings is 1. The van der Waals surface area contributed by atoms with Crippen LogP contribution in [-0.4, -0.2) is 73.8 Å². The first-order valence-corrected chi connectivity index (χ1v) is 10.8. The summed E-state index contributed by atoms with van der Waals surface area (Å²) in [5, 5.41) is 18.5. The van der Waals surface area contributed by atoms with Gasteiger partial charge in [0.15, 0.2) is 0 Å². The number of anilines is 1. The van der Waals surface area contributed by atoms with E-state index in [4.69, 9.17) is 24.2 Å². The first kappa shape index (κ1) is 30.1. The average Bonchev–Trinajstić information content (AvgIpc) is 3.51. The van der Waals surface area contributed by atoms with E-state index in [1.165, 1.54) is 5.56 Å². The number of nitrogens with zero attached hydrogens (tertiary/aromatic N) is 5. The topological polar surface area (TPSA) is 125 Å². The molecule has 1 aliphatic rings. The molecule has 0 atom stereocenters. The van der Waals surface area contributed by atoms with Gasteiger partial charge in [-0.2, -0.15) is 31.4 Å². The molecular weight excluding hydrogens is 528 g/mol. The maximum Gasteiger partial charge on any atom is 0.490 e. The van der Waals surface area contributed by atoms with Crippen molar-refractivity contribution in [1.82, 2.24) is 19.7 Å². The third-order valence-electron chi connectivity index (χ3n) is 4.85. The van der Waals surface area contributed by atoms with Crippen LogP contribution in [-0.2, 0) is 29.2 Å². The summed E-state index contributed by atoms with van der Waals surface area (Å²) in [4.78, 5) is 27.2. The molecule has 2 N–H and O–H groups in total. The fourth-order valence-electron chi connectivity index (χ4n) is 3.16. The summed E-state index contributed by atoms with van der Waals surface area (Å²) >= 11 is 0. The molecule has 0 fully saturated rings. The van der Waals surface area contributed by atoms with Gasteiger partial charge in [-0.1, -0.05) is 6.07 Å². The number of carbonyl (C=O) groups is 2. The van der Waals surface area contributed by atoms with Crippen LogP contribution in [0.15, 0.2) is 59.6 Å². The Balaban J connectivity index is 0.000000301. The summed E-state index contributed by atoms with van der Waals surface area (Å²) in [6, 6.07) is 10.1. The van der Waals surface area contributed by atoms with Gasteiger partial charge in [0.25, 0.3) is 0 Å². The highest BCUT2D eigenvalue weighted by Gasteiger charge is 2.38. The number of aliphatic carboxylic acids is 2. The summed E-state index contributed by atoms with van der Waals surface area (Å²) in [5.41, 5.74) is 1.27. The van der Waals surface area contributed by atoms with Gasteiger partial charge in [-0.05, 0) is 24.3 Å². The van der Waals surface area contributed by atoms with Crippen LogP contribution in [0.5, 0.6) is 0 Å². The number of carboxylic acids is 2. The molecule has 0 unspecified atom stereocenters. The predicted molar refractivity (Wildman–Crippen MR) is 119 cm³/mol. The number of hydrogen-bond acceptors (Lipinski definition) is 7. The van der Waals surface area contributed by atoms with Crippen molar-refractivity contribution in [2.45, 2.75) is 32.0 Å². The molecule has 0 saturated heterocycles. The molecular formula is C22H23F6N5O5. The lowest BCUT2D eigenvalue weighted by Gasteiger charge is -2.23. The molecule has 3 aromatic rings. The number of pyridine rings is 1. The minimum atomic E-state index is -5.08. The van der Waals surface area contributed by atoms with Crippen molar-refractivity contribution in [3.63, 3.8) is 0 Å². The van der Waals surface area contributed by atoms with Crippen LogP contribution in [0.1, 0.15) is 11.3 Å². The van der Waals surface area contributed by atoms with E-state index in [-0.39, 0.29) is 0 Å². The van der Waals surface area contributed by atoms with Crippen molar-refractivity contribution in [3.8, 4) is 0 Å². The Morgan fingerprint density at radius 1 is 0.921 bits per heavy atom. The first-order chi connectivity index (χ1) is 17.8. The number of rotatable bonds is 5. The zero-order chi connectivity index (χ0) is 28.3.